The molecule has 2 fully saturated rings. The second kappa shape index (κ2) is 7.71. The number of aryl methyl sites for hydroxylation is 1. The molecule has 0 atom stereocenters. The van der Waals surface area contributed by atoms with Crippen LogP contribution < -0.4 is 5.32 Å². The van der Waals surface area contributed by atoms with Gasteiger partial charge in [-0.05, 0) is 37.2 Å². The van der Waals surface area contributed by atoms with Crippen molar-refractivity contribution in [3.63, 3.8) is 0 Å². The highest BCUT2D eigenvalue weighted by Gasteiger charge is 2.44. The lowest BCUT2D eigenvalue weighted by molar-refractivity contribution is 0.144. The number of nitrogens with one attached hydrogen (secondary N) is 1. The van der Waals surface area contributed by atoms with Crippen molar-refractivity contribution in [1.29, 1.82) is 0 Å². The molecule has 6 nitrogen and oxygen atoms in total. The van der Waals surface area contributed by atoms with Gasteiger partial charge in [-0.15, -0.1) is 0 Å². The van der Waals surface area contributed by atoms with Crippen LogP contribution in [0.15, 0.2) is 34.9 Å². The standard InChI is InChI=1S/C21H28N4O2/c1-16-23-19(24-27-16)21(15-18-7-8-18)10-13-25(14-11-21)20(26)22-12-9-17-5-3-2-4-6-17/h2-6,18H,7-15H2,1H3,(H,22,26). The fraction of sp³-hybridized carbons (Fsp3) is 0.571. The zero-order valence-corrected chi connectivity index (χ0v) is 16.0. The lowest BCUT2D eigenvalue weighted by Gasteiger charge is -2.40. The monoisotopic (exact) mass is 368 g/mol. The van der Waals surface area contributed by atoms with E-state index in [0.29, 0.717) is 12.4 Å². The van der Waals surface area contributed by atoms with Gasteiger partial charge in [-0.25, -0.2) is 4.79 Å². The fourth-order valence-corrected chi connectivity index (χ4v) is 4.12. The van der Waals surface area contributed by atoms with Crippen LogP contribution in [0.5, 0.6) is 0 Å². The van der Waals surface area contributed by atoms with Crippen LogP contribution in [0, 0.1) is 12.8 Å². The average Bonchev–Trinajstić information content (AvgIpc) is 3.39. The summed E-state index contributed by atoms with van der Waals surface area (Å²) >= 11 is 0. The Kier molecular flexibility index (Phi) is 5.14. The van der Waals surface area contributed by atoms with Crippen molar-refractivity contribution in [2.45, 2.75) is 50.9 Å². The highest BCUT2D eigenvalue weighted by atomic mass is 16.5. The number of aromatic nitrogens is 2. The third-order valence-corrected chi connectivity index (χ3v) is 5.92. The minimum Gasteiger partial charge on any atom is -0.340 e. The summed E-state index contributed by atoms with van der Waals surface area (Å²) in [6.07, 6.45) is 6.41. The maximum atomic E-state index is 12.5. The van der Waals surface area contributed by atoms with E-state index >= 15 is 0 Å². The van der Waals surface area contributed by atoms with Crippen molar-refractivity contribution in [2.75, 3.05) is 19.6 Å². The minimum atomic E-state index is -0.0280. The molecule has 0 bridgehead atoms. The highest BCUT2D eigenvalue weighted by molar-refractivity contribution is 5.74. The Labute approximate surface area is 160 Å². The van der Waals surface area contributed by atoms with E-state index in [0.717, 1.165) is 50.5 Å². The summed E-state index contributed by atoms with van der Waals surface area (Å²) in [7, 11) is 0. The summed E-state index contributed by atoms with van der Waals surface area (Å²) in [5.74, 6) is 2.26. The molecule has 2 amide bonds. The molecule has 1 aliphatic carbocycles. The summed E-state index contributed by atoms with van der Waals surface area (Å²) in [5, 5.41) is 7.30. The van der Waals surface area contributed by atoms with E-state index in [1.807, 2.05) is 30.0 Å². The van der Waals surface area contributed by atoms with Crippen LogP contribution in [0.25, 0.3) is 0 Å². The number of carbonyl (C=O) groups excluding carboxylic acids is 1. The molecule has 2 aliphatic rings. The van der Waals surface area contributed by atoms with Crippen LogP contribution in [0.3, 0.4) is 0 Å². The Balaban J connectivity index is 1.31. The second-order valence-corrected chi connectivity index (χ2v) is 8.02. The van der Waals surface area contributed by atoms with Gasteiger partial charge in [0.05, 0.1) is 0 Å². The van der Waals surface area contributed by atoms with Crippen LogP contribution in [0.4, 0.5) is 4.79 Å². The molecular weight excluding hydrogens is 340 g/mol. The van der Waals surface area contributed by atoms with Gasteiger partial charge in [-0.2, -0.15) is 4.98 Å². The van der Waals surface area contributed by atoms with Gasteiger partial charge in [0, 0.05) is 32.0 Å². The zero-order chi connectivity index (χ0) is 18.7. The largest absolute Gasteiger partial charge is 0.340 e. The number of hydrogen-bond donors (Lipinski definition) is 1. The number of hydrogen-bond acceptors (Lipinski definition) is 4. The Morgan fingerprint density at radius 3 is 2.63 bits per heavy atom. The van der Waals surface area contributed by atoms with Crippen LogP contribution >= 0.6 is 0 Å². The first-order valence-electron chi connectivity index (χ1n) is 10.0. The van der Waals surface area contributed by atoms with Crippen molar-refractivity contribution >= 4 is 6.03 Å². The van der Waals surface area contributed by atoms with Crippen molar-refractivity contribution in [3.8, 4) is 0 Å². The number of rotatable bonds is 6. The Hall–Kier alpha value is -2.37. The second-order valence-electron chi connectivity index (χ2n) is 8.02. The zero-order valence-electron chi connectivity index (χ0n) is 16.0. The normalized spacial score (nSPS) is 19.1. The molecule has 0 unspecified atom stereocenters. The maximum Gasteiger partial charge on any atom is 0.317 e. The fourth-order valence-electron chi connectivity index (χ4n) is 4.12. The molecule has 27 heavy (non-hydrogen) atoms. The molecule has 6 heteroatoms. The minimum absolute atomic E-state index is 0.0280. The van der Waals surface area contributed by atoms with Gasteiger partial charge < -0.3 is 14.7 Å². The maximum absolute atomic E-state index is 12.5. The molecule has 1 aromatic heterocycles. The van der Waals surface area contributed by atoms with Crippen molar-refractivity contribution < 1.29 is 9.32 Å². The van der Waals surface area contributed by atoms with E-state index in [4.69, 9.17) is 4.52 Å². The molecule has 1 aromatic carbocycles. The smallest absolute Gasteiger partial charge is 0.317 e. The van der Waals surface area contributed by atoms with Crippen molar-refractivity contribution in [2.24, 2.45) is 5.92 Å². The Morgan fingerprint density at radius 2 is 2.00 bits per heavy atom. The van der Waals surface area contributed by atoms with Gasteiger partial charge in [-0.3, -0.25) is 0 Å². The summed E-state index contributed by atoms with van der Waals surface area (Å²) in [5.41, 5.74) is 1.21. The van der Waals surface area contributed by atoms with E-state index < -0.39 is 0 Å². The lowest BCUT2D eigenvalue weighted by Crippen LogP contribution is -2.49. The summed E-state index contributed by atoms with van der Waals surface area (Å²) in [4.78, 5) is 19.0. The van der Waals surface area contributed by atoms with E-state index in [9.17, 15) is 4.79 Å². The number of amides is 2. The highest BCUT2D eigenvalue weighted by Crippen LogP contribution is 2.46. The lowest BCUT2D eigenvalue weighted by atomic mass is 9.73. The van der Waals surface area contributed by atoms with Gasteiger partial charge in [0.25, 0.3) is 0 Å². The molecule has 0 radical (unpaired) electrons. The van der Waals surface area contributed by atoms with Crippen LogP contribution in [-0.2, 0) is 11.8 Å². The summed E-state index contributed by atoms with van der Waals surface area (Å²) in [6, 6.07) is 10.3. The van der Waals surface area contributed by atoms with Crippen LogP contribution in [0.1, 0.15) is 49.4 Å². The number of piperidine rings is 1. The van der Waals surface area contributed by atoms with Gasteiger partial charge >= 0.3 is 6.03 Å². The molecule has 2 heterocycles. The van der Waals surface area contributed by atoms with Gasteiger partial charge in [0.2, 0.25) is 5.89 Å². The van der Waals surface area contributed by atoms with Gasteiger partial charge in [-0.1, -0.05) is 48.3 Å². The molecule has 4 rings (SSSR count). The first-order chi connectivity index (χ1) is 13.1. The number of likely N-dealkylation sites (tertiary alicyclic amines) is 1. The van der Waals surface area contributed by atoms with Crippen molar-refractivity contribution in [3.05, 3.63) is 47.6 Å². The molecule has 2 aromatic rings. The molecule has 1 aliphatic heterocycles. The molecule has 1 saturated heterocycles. The number of benzene rings is 1. The average molecular weight is 368 g/mol. The third kappa shape index (κ3) is 4.31. The quantitative estimate of drug-likeness (QED) is 0.847. The predicted octanol–water partition coefficient (Wildman–Crippen LogP) is 3.46. The van der Waals surface area contributed by atoms with Crippen LogP contribution in [-0.4, -0.2) is 40.7 Å². The Bertz CT molecular complexity index is 761. The summed E-state index contributed by atoms with van der Waals surface area (Å²) < 4.78 is 5.26. The molecular formula is C21H28N4O2. The summed E-state index contributed by atoms with van der Waals surface area (Å²) in [6.45, 7) is 4.00. The molecule has 144 valence electrons. The van der Waals surface area contributed by atoms with Crippen LogP contribution in [0.2, 0.25) is 0 Å². The molecule has 1 N–H and O–H groups in total. The van der Waals surface area contributed by atoms with E-state index in [1.165, 1.54) is 18.4 Å². The first kappa shape index (κ1) is 18.0. The Morgan fingerprint density at radius 1 is 1.26 bits per heavy atom. The predicted molar refractivity (Wildman–Crippen MR) is 102 cm³/mol. The number of carbonyl (C=O) groups is 1. The van der Waals surface area contributed by atoms with Gasteiger partial charge in [0.15, 0.2) is 5.82 Å². The molecule has 0 spiro atoms. The van der Waals surface area contributed by atoms with E-state index in [-0.39, 0.29) is 11.4 Å². The number of urea groups is 1. The van der Waals surface area contributed by atoms with E-state index in [1.54, 1.807) is 0 Å². The van der Waals surface area contributed by atoms with Crippen molar-refractivity contribution in [1.82, 2.24) is 20.4 Å². The van der Waals surface area contributed by atoms with E-state index in [2.05, 4.69) is 27.6 Å². The third-order valence-electron chi connectivity index (χ3n) is 5.92. The van der Waals surface area contributed by atoms with Gasteiger partial charge in [0.1, 0.15) is 0 Å². The topological polar surface area (TPSA) is 71.3 Å². The SMILES string of the molecule is Cc1nc(C2(CC3CC3)CCN(C(=O)NCCc3ccccc3)CC2)no1. The first-order valence-corrected chi connectivity index (χ1v) is 10.0. The molecule has 1 saturated carbocycles. The number of nitrogens with zero attached hydrogens (tertiary/aromatic N) is 3.